The minimum absolute atomic E-state index is 0.500. The van der Waals surface area contributed by atoms with Gasteiger partial charge in [-0.2, -0.15) is 0 Å². The second-order valence-corrected chi connectivity index (χ2v) is 6.73. The molecule has 0 aliphatic carbocycles. The molecule has 1 N–H and O–H groups in total. The highest BCUT2D eigenvalue weighted by Crippen LogP contribution is 2.19. The number of thiazole rings is 1. The van der Waals surface area contributed by atoms with Gasteiger partial charge in [0.15, 0.2) is 0 Å². The van der Waals surface area contributed by atoms with Crippen molar-refractivity contribution >= 4 is 11.3 Å². The molecule has 4 heteroatoms. The van der Waals surface area contributed by atoms with Crippen molar-refractivity contribution in [2.24, 2.45) is 0 Å². The molecule has 1 aromatic heterocycles. The summed E-state index contributed by atoms with van der Waals surface area (Å²) in [6.07, 6.45) is 0.862. The molecule has 0 atom stereocenters. The molecule has 0 saturated heterocycles. The van der Waals surface area contributed by atoms with Crippen molar-refractivity contribution in [3.63, 3.8) is 0 Å². The van der Waals surface area contributed by atoms with Gasteiger partial charge < -0.3 is 10.1 Å². The smallest absolute Gasteiger partial charge is 0.119 e. The summed E-state index contributed by atoms with van der Waals surface area (Å²) in [6.45, 7) is 10.1. The summed E-state index contributed by atoms with van der Waals surface area (Å²) in [5.41, 5.74) is 2.39. The zero-order valence-corrected chi connectivity index (χ0v) is 14.1. The van der Waals surface area contributed by atoms with Crippen LogP contribution in [0.3, 0.4) is 0 Å². The van der Waals surface area contributed by atoms with Crippen LogP contribution in [-0.4, -0.2) is 17.6 Å². The van der Waals surface area contributed by atoms with Gasteiger partial charge in [-0.25, -0.2) is 4.98 Å². The van der Waals surface area contributed by atoms with Gasteiger partial charge in [0.25, 0.3) is 0 Å². The van der Waals surface area contributed by atoms with Crippen LogP contribution in [0.25, 0.3) is 0 Å². The maximum absolute atomic E-state index is 5.76. The van der Waals surface area contributed by atoms with E-state index in [0.29, 0.717) is 12.6 Å². The molecule has 0 radical (unpaired) electrons. The Labute approximate surface area is 131 Å². The van der Waals surface area contributed by atoms with Gasteiger partial charge in [-0.1, -0.05) is 31.5 Å². The molecule has 0 aliphatic rings. The molecule has 0 amide bonds. The maximum atomic E-state index is 5.76. The lowest BCUT2D eigenvalue weighted by atomic mass is 10.2. The Hall–Kier alpha value is -1.39. The quantitative estimate of drug-likeness (QED) is 0.843. The van der Waals surface area contributed by atoms with E-state index in [2.05, 4.69) is 50.1 Å². The van der Waals surface area contributed by atoms with Crippen LogP contribution in [-0.2, 0) is 13.0 Å². The van der Waals surface area contributed by atoms with Gasteiger partial charge in [-0.05, 0) is 26.0 Å². The second kappa shape index (κ2) is 7.57. The summed E-state index contributed by atoms with van der Waals surface area (Å²) < 4.78 is 5.76. The molecular formula is C17H24N2OS. The van der Waals surface area contributed by atoms with Crippen LogP contribution in [0.4, 0.5) is 0 Å². The molecule has 0 saturated carbocycles. The summed E-state index contributed by atoms with van der Waals surface area (Å²) in [5, 5.41) is 4.60. The number of nitrogens with one attached hydrogen (secondary N) is 1. The van der Waals surface area contributed by atoms with Gasteiger partial charge in [0.2, 0.25) is 0 Å². The maximum Gasteiger partial charge on any atom is 0.119 e. The van der Waals surface area contributed by atoms with E-state index in [1.165, 1.54) is 10.4 Å². The van der Waals surface area contributed by atoms with Gasteiger partial charge in [-0.3, -0.25) is 0 Å². The average molecular weight is 304 g/mol. The largest absolute Gasteiger partial charge is 0.493 e. The van der Waals surface area contributed by atoms with E-state index >= 15 is 0 Å². The van der Waals surface area contributed by atoms with Gasteiger partial charge >= 0.3 is 0 Å². The van der Waals surface area contributed by atoms with Crippen LogP contribution in [0.1, 0.15) is 35.0 Å². The van der Waals surface area contributed by atoms with Crippen molar-refractivity contribution < 1.29 is 4.74 Å². The Morgan fingerprint density at radius 1 is 1.19 bits per heavy atom. The number of aryl methyl sites for hydroxylation is 2. The third-order valence-corrected chi connectivity index (χ3v) is 4.43. The normalized spacial score (nSPS) is 11.1. The highest BCUT2D eigenvalue weighted by Gasteiger charge is 2.08. The number of rotatable bonds is 7. The van der Waals surface area contributed by atoms with E-state index in [4.69, 9.17) is 4.74 Å². The number of benzene rings is 1. The third kappa shape index (κ3) is 5.14. The van der Waals surface area contributed by atoms with Crippen LogP contribution in [0.15, 0.2) is 24.3 Å². The lowest BCUT2D eigenvalue weighted by Gasteiger charge is -2.06. The Morgan fingerprint density at radius 3 is 2.57 bits per heavy atom. The Bertz CT molecular complexity index is 561. The van der Waals surface area contributed by atoms with Crippen molar-refractivity contribution in [3.05, 3.63) is 45.4 Å². The fraction of sp³-hybridized carbons (Fsp3) is 0.471. The molecule has 0 aliphatic heterocycles. The summed E-state index contributed by atoms with van der Waals surface area (Å²) in [7, 11) is 0. The molecule has 2 rings (SSSR count). The number of hydrogen-bond acceptors (Lipinski definition) is 4. The van der Waals surface area contributed by atoms with Crippen LogP contribution < -0.4 is 10.1 Å². The van der Waals surface area contributed by atoms with Crippen molar-refractivity contribution in [3.8, 4) is 5.75 Å². The van der Waals surface area contributed by atoms with Gasteiger partial charge in [0.1, 0.15) is 5.75 Å². The second-order valence-electron chi connectivity index (χ2n) is 5.56. The highest BCUT2D eigenvalue weighted by atomic mass is 32.1. The summed E-state index contributed by atoms with van der Waals surface area (Å²) >= 11 is 1.79. The molecule has 0 fully saturated rings. The van der Waals surface area contributed by atoms with Crippen molar-refractivity contribution in [2.45, 2.75) is 46.7 Å². The van der Waals surface area contributed by atoms with Crippen molar-refractivity contribution in [1.29, 1.82) is 0 Å². The Balaban J connectivity index is 1.83. The van der Waals surface area contributed by atoms with Crippen LogP contribution in [0, 0.1) is 13.8 Å². The molecule has 2 aromatic rings. The number of aromatic nitrogens is 1. The van der Waals surface area contributed by atoms with Crippen molar-refractivity contribution in [1.82, 2.24) is 10.3 Å². The average Bonchev–Trinajstić information content (AvgIpc) is 2.79. The summed E-state index contributed by atoms with van der Waals surface area (Å²) in [4.78, 5) is 5.96. The van der Waals surface area contributed by atoms with Gasteiger partial charge in [0.05, 0.1) is 17.3 Å². The van der Waals surface area contributed by atoms with E-state index in [-0.39, 0.29) is 0 Å². The molecular weight excluding hydrogens is 280 g/mol. The zero-order chi connectivity index (χ0) is 15.2. The standard InChI is InChI=1S/C17H24N2OS/c1-12(2)18-11-16-14(4)19-17(21-16)9-10-20-15-7-5-13(3)6-8-15/h5-8,12,18H,9-11H2,1-4H3. The number of nitrogens with zero attached hydrogens (tertiary/aromatic N) is 1. The lowest BCUT2D eigenvalue weighted by molar-refractivity contribution is 0.321. The van der Waals surface area contributed by atoms with Crippen LogP contribution in [0.5, 0.6) is 5.75 Å². The first-order chi connectivity index (χ1) is 10.0. The van der Waals surface area contributed by atoms with E-state index < -0.39 is 0 Å². The SMILES string of the molecule is Cc1ccc(OCCc2nc(C)c(CNC(C)C)s2)cc1. The van der Waals surface area contributed by atoms with E-state index in [1.807, 2.05) is 12.1 Å². The first-order valence-corrected chi connectivity index (χ1v) is 8.24. The summed E-state index contributed by atoms with van der Waals surface area (Å²) in [6, 6.07) is 8.66. The predicted molar refractivity (Wildman–Crippen MR) is 89.2 cm³/mol. The third-order valence-electron chi connectivity index (χ3n) is 3.21. The molecule has 21 heavy (non-hydrogen) atoms. The number of ether oxygens (including phenoxy) is 1. The fourth-order valence-corrected chi connectivity index (χ4v) is 2.95. The zero-order valence-electron chi connectivity index (χ0n) is 13.3. The predicted octanol–water partition coefficient (Wildman–Crippen LogP) is 3.88. The molecule has 1 aromatic carbocycles. The van der Waals surface area contributed by atoms with E-state index in [9.17, 15) is 0 Å². The Morgan fingerprint density at radius 2 is 1.90 bits per heavy atom. The highest BCUT2D eigenvalue weighted by molar-refractivity contribution is 7.11. The minimum atomic E-state index is 0.500. The van der Waals surface area contributed by atoms with Crippen LogP contribution in [0.2, 0.25) is 0 Å². The molecule has 0 spiro atoms. The molecule has 0 unspecified atom stereocenters. The molecule has 0 bridgehead atoms. The molecule has 3 nitrogen and oxygen atoms in total. The van der Waals surface area contributed by atoms with Gasteiger partial charge in [0, 0.05) is 23.9 Å². The Kier molecular flexibility index (Phi) is 5.76. The minimum Gasteiger partial charge on any atom is -0.493 e. The van der Waals surface area contributed by atoms with Crippen LogP contribution >= 0.6 is 11.3 Å². The number of hydrogen-bond donors (Lipinski definition) is 1. The monoisotopic (exact) mass is 304 g/mol. The van der Waals surface area contributed by atoms with Gasteiger partial charge in [-0.15, -0.1) is 11.3 Å². The first-order valence-electron chi connectivity index (χ1n) is 7.42. The van der Waals surface area contributed by atoms with E-state index in [1.54, 1.807) is 11.3 Å². The molecule has 1 heterocycles. The van der Waals surface area contributed by atoms with E-state index in [0.717, 1.165) is 29.4 Å². The summed E-state index contributed by atoms with van der Waals surface area (Å²) in [5.74, 6) is 0.926. The first kappa shape index (κ1) is 16.0. The van der Waals surface area contributed by atoms with Crippen molar-refractivity contribution in [2.75, 3.05) is 6.61 Å². The fourth-order valence-electron chi connectivity index (χ4n) is 1.95. The molecule has 114 valence electrons. The lowest BCUT2D eigenvalue weighted by Crippen LogP contribution is -2.21. The topological polar surface area (TPSA) is 34.1 Å².